The van der Waals surface area contributed by atoms with Crippen molar-refractivity contribution in [3.8, 4) is 23.6 Å². The SMILES string of the molecule is CC(C)COc1c(C#N)c(C#N)c(OCC(C)C)c2ccccc12. The second kappa shape index (κ2) is 7.70. The summed E-state index contributed by atoms with van der Waals surface area (Å²) in [4.78, 5) is 0. The molecule has 4 heteroatoms. The van der Waals surface area contributed by atoms with Crippen molar-refractivity contribution >= 4 is 10.8 Å². The number of fused-ring (bicyclic) bond motifs is 1. The molecular weight excluding hydrogens is 300 g/mol. The lowest BCUT2D eigenvalue weighted by Crippen LogP contribution is -2.10. The van der Waals surface area contributed by atoms with Crippen LogP contribution in [0.1, 0.15) is 38.8 Å². The van der Waals surface area contributed by atoms with Gasteiger partial charge in [0.25, 0.3) is 0 Å². The van der Waals surface area contributed by atoms with Crippen molar-refractivity contribution < 1.29 is 9.47 Å². The Labute approximate surface area is 143 Å². The van der Waals surface area contributed by atoms with Gasteiger partial charge in [0.05, 0.1) is 13.2 Å². The molecule has 0 aliphatic carbocycles. The fraction of sp³-hybridized carbons (Fsp3) is 0.400. The van der Waals surface area contributed by atoms with Crippen LogP contribution >= 0.6 is 0 Å². The van der Waals surface area contributed by atoms with E-state index in [4.69, 9.17) is 9.47 Å². The van der Waals surface area contributed by atoms with Gasteiger partial charge >= 0.3 is 0 Å². The van der Waals surface area contributed by atoms with E-state index in [-0.39, 0.29) is 11.1 Å². The van der Waals surface area contributed by atoms with Crippen molar-refractivity contribution in [2.75, 3.05) is 13.2 Å². The third-order valence-corrected chi connectivity index (χ3v) is 3.47. The number of rotatable bonds is 6. The van der Waals surface area contributed by atoms with Gasteiger partial charge < -0.3 is 9.47 Å². The number of ether oxygens (including phenoxy) is 2. The van der Waals surface area contributed by atoms with Gasteiger partial charge in [0.15, 0.2) is 0 Å². The number of benzene rings is 2. The van der Waals surface area contributed by atoms with Crippen LogP contribution in [0.4, 0.5) is 0 Å². The molecule has 0 heterocycles. The molecular formula is C20H22N2O2. The molecule has 0 bridgehead atoms. The van der Waals surface area contributed by atoms with Gasteiger partial charge in [0.1, 0.15) is 34.8 Å². The Morgan fingerprint density at radius 2 is 1.17 bits per heavy atom. The fourth-order valence-electron chi connectivity index (χ4n) is 2.39. The Kier molecular flexibility index (Phi) is 5.66. The van der Waals surface area contributed by atoms with Gasteiger partial charge in [0, 0.05) is 10.8 Å². The van der Waals surface area contributed by atoms with E-state index in [0.717, 1.165) is 10.8 Å². The Balaban J connectivity index is 2.72. The molecule has 4 nitrogen and oxygen atoms in total. The zero-order valence-electron chi connectivity index (χ0n) is 14.6. The first kappa shape index (κ1) is 17.6. The molecule has 0 aliphatic heterocycles. The number of nitrogens with zero attached hydrogens (tertiary/aromatic N) is 2. The van der Waals surface area contributed by atoms with E-state index in [1.165, 1.54) is 0 Å². The zero-order chi connectivity index (χ0) is 17.7. The summed E-state index contributed by atoms with van der Waals surface area (Å²) in [5.74, 6) is 1.57. The molecule has 0 spiro atoms. The van der Waals surface area contributed by atoms with Crippen LogP contribution in [0, 0.1) is 34.5 Å². The largest absolute Gasteiger partial charge is 0.491 e. The molecule has 0 atom stereocenters. The van der Waals surface area contributed by atoms with E-state index in [1.54, 1.807) is 0 Å². The summed E-state index contributed by atoms with van der Waals surface area (Å²) in [6, 6.07) is 11.8. The maximum Gasteiger partial charge on any atom is 0.146 e. The monoisotopic (exact) mass is 322 g/mol. The van der Waals surface area contributed by atoms with Crippen LogP contribution in [0.15, 0.2) is 24.3 Å². The highest BCUT2D eigenvalue weighted by molar-refractivity contribution is 5.98. The molecule has 2 aromatic rings. The summed E-state index contributed by atoms with van der Waals surface area (Å²) in [6.07, 6.45) is 0. The van der Waals surface area contributed by atoms with Crippen LogP contribution in [0.25, 0.3) is 10.8 Å². The van der Waals surface area contributed by atoms with E-state index in [9.17, 15) is 10.5 Å². The van der Waals surface area contributed by atoms with Crippen LogP contribution in [-0.2, 0) is 0 Å². The van der Waals surface area contributed by atoms with Crippen LogP contribution < -0.4 is 9.47 Å². The highest BCUT2D eigenvalue weighted by Crippen LogP contribution is 2.40. The molecule has 0 aliphatic rings. The van der Waals surface area contributed by atoms with Gasteiger partial charge in [0.2, 0.25) is 0 Å². The molecule has 0 N–H and O–H groups in total. The Morgan fingerprint density at radius 1 is 0.792 bits per heavy atom. The Bertz CT molecular complexity index is 742. The van der Waals surface area contributed by atoms with Crippen molar-refractivity contribution in [1.29, 1.82) is 10.5 Å². The molecule has 0 unspecified atom stereocenters. The van der Waals surface area contributed by atoms with Gasteiger partial charge in [-0.2, -0.15) is 10.5 Å². The Morgan fingerprint density at radius 3 is 1.46 bits per heavy atom. The van der Waals surface area contributed by atoms with Crippen LogP contribution in [0.5, 0.6) is 11.5 Å². The molecule has 0 saturated carbocycles. The first-order valence-corrected chi connectivity index (χ1v) is 8.14. The number of hydrogen-bond acceptors (Lipinski definition) is 4. The average molecular weight is 322 g/mol. The molecule has 0 saturated heterocycles. The van der Waals surface area contributed by atoms with Crippen molar-refractivity contribution in [2.24, 2.45) is 11.8 Å². The smallest absolute Gasteiger partial charge is 0.146 e. The number of hydrogen-bond donors (Lipinski definition) is 0. The maximum absolute atomic E-state index is 9.62. The first-order chi connectivity index (χ1) is 11.5. The van der Waals surface area contributed by atoms with Crippen LogP contribution in [0.2, 0.25) is 0 Å². The van der Waals surface area contributed by atoms with E-state index < -0.39 is 0 Å². The minimum Gasteiger partial charge on any atom is -0.491 e. The molecule has 124 valence electrons. The number of nitriles is 2. The maximum atomic E-state index is 9.62. The molecule has 2 aromatic carbocycles. The predicted octanol–water partition coefficient (Wildman–Crippen LogP) is 4.65. The van der Waals surface area contributed by atoms with Gasteiger partial charge in [-0.25, -0.2) is 0 Å². The molecule has 2 rings (SSSR count). The standard InChI is InChI=1S/C20H22N2O2/c1-13(2)11-23-19-15-7-5-6-8-16(15)20(24-12-14(3)4)18(10-22)17(19)9-21/h5-8,13-14H,11-12H2,1-4H3. The zero-order valence-corrected chi connectivity index (χ0v) is 14.6. The molecule has 0 amide bonds. The van der Waals surface area contributed by atoms with E-state index in [0.29, 0.717) is 36.5 Å². The van der Waals surface area contributed by atoms with Crippen LogP contribution in [0.3, 0.4) is 0 Å². The highest BCUT2D eigenvalue weighted by Gasteiger charge is 2.22. The first-order valence-electron chi connectivity index (χ1n) is 8.14. The molecule has 0 fully saturated rings. The predicted molar refractivity (Wildman–Crippen MR) is 94.0 cm³/mol. The van der Waals surface area contributed by atoms with Gasteiger partial charge in [-0.3, -0.25) is 0 Å². The van der Waals surface area contributed by atoms with Gasteiger partial charge in [-0.1, -0.05) is 52.0 Å². The van der Waals surface area contributed by atoms with Crippen LogP contribution in [-0.4, -0.2) is 13.2 Å². The minimum atomic E-state index is 0.246. The Hall–Kier alpha value is -2.72. The second-order valence-corrected chi connectivity index (χ2v) is 6.59. The summed E-state index contributed by atoms with van der Waals surface area (Å²) in [5, 5.41) is 20.8. The third-order valence-electron chi connectivity index (χ3n) is 3.47. The van der Waals surface area contributed by atoms with Crippen molar-refractivity contribution in [3.63, 3.8) is 0 Å². The topological polar surface area (TPSA) is 66.0 Å². The summed E-state index contributed by atoms with van der Waals surface area (Å²) in [6.45, 7) is 9.13. The lowest BCUT2D eigenvalue weighted by Gasteiger charge is -2.18. The second-order valence-electron chi connectivity index (χ2n) is 6.59. The summed E-state index contributed by atoms with van der Waals surface area (Å²) in [5.41, 5.74) is 0.492. The van der Waals surface area contributed by atoms with Crippen molar-refractivity contribution in [3.05, 3.63) is 35.4 Å². The lowest BCUT2D eigenvalue weighted by atomic mass is 9.98. The summed E-state index contributed by atoms with van der Waals surface area (Å²) >= 11 is 0. The van der Waals surface area contributed by atoms with E-state index >= 15 is 0 Å². The summed E-state index contributed by atoms with van der Waals surface area (Å²) in [7, 11) is 0. The molecule has 24 heavy (non-hydrogen) atoms. The minimum absolute atomic E-state index is 0.246. The van der Waals surface area contributed by atoms with Crippen molar-refractivity contribution in [1.82, 2.24) is 0 Å². The highest BCUT2D eigenvalue weighted by atomic mass is 16.5. The average Bonchev–Trinajstić information content (AvgIpc) is 2.56. The van der Waals surface area contributed by atoms with Gasteiger partial charge in [-0.05, 0) is 11.8 Å². The van der Waals surface area contributed by atoms with E-state index in [2.05, 4.69) is 12.1 Å². The third kappa shape index (κ3) is 3.60. The normalized spacial score (nSPS) is 10.7. The van der Waals surface area contributed by atoms with Gasteiger partial charge in [-0.15, -0.1) is 0 Å². The molecule has 0 aromatic heterocycles. The lowest BCUT2D eigenvalue weighted by molar-refractivity contribution is 0.267. The molecule has 0 radical (unpaired) electrons. The fourth-order valence-corrected chi connectivity index (χ4v) is 2.39. The van der Waals surface area contributed by atoms with E-state index in [1.807, 2.05) is 52.0 Å². The quantitative estimate of drug-likeness (QED) is 0.776. The van der Waals surface area contributed by atoms with Crippen molar-refractivity contribution in [2.45, 2.75) is 27.7 Å². The summed E-state index contributed by atoms with van der Waals surface area (Å²) < 4.78 is 11.8.